The predicted octanol–water partition coefficient (Wildman–Crippen LogP) is 4.46. The van der Waals surface area contributed by atoms with Crippen LogP contribution in [0.5, 0.6) is 0 Å². The fourth-order valence-corrected chi connectivity index (χ4v) is 2.17. The summed E-state index contributed by atoms with van der Waals surface area (Å²) in [5, 5.41) is 6.84. The van der Waals surface area contributed by atoms with Crippen molar-refractivity contribution in [2.75, 3.05) is 17.2 Å². The van der Waals surface area contributed by atoms with Crippen molar-refractivity contribution >= 4 is 40.5 Å². The van der Waals surface area contributed by atoms with Crippen molar-refractivity contribution in [3.05, 3.63) is 52.3 Å². The number of benzene rings is 1. The van der Waals surface area contributed by atoms with E-state index in [0.717, 1.165) is 18.7 Å². The minimum atomic E-state index is -0.271. The summed E-state index contributed by atoms with van der Waals surface area (Å²) in [6, 6.07) is 6.66. The van der Waals surface area contributed by atoms with E-state index < -0.39 is 0 Å². The number of hydrogen-bond donors (Lipinski definition) is 2. The Morgan fingerprint density at radius 1 is 1.24 bits per heavy atom. The Kier molecular flexibility index (Phi) is 5.42. The smallest absolute Gasteiger partial charge is 0.257 e. The van der Waals surface area contributed by atoms with Gasteiger partial charge in [0.1, 0.15) is 0 Å². The van der Waals surface area contributed by atoms with Crippen molar-refractivity contribution < 1.29 is 4.79 Å². The molecule has 1 aromatic heterocycles. The number of rotatable bonds is 5. The van der Waals surface area contributed by atoms with Crippen LogP contribution in [0.2, 0.25) is 10.0 Å². The monoisotopic (exact) mass is 323 g/mol. The number of aromatic nitrogens is 1. The minimum absolute atomic E-state index is 0.271. The molecule has 0 radical (unpaired) electrons. The number of amides is 1. The van der Waals surface area contributed by atoms with E-state index in [9.17, 15) is 4.79 Å². The van der Waals surface area contributed by atoms with E-state index in [0.29, 0.717) is 21.3 Å². The van der Waals surface area contributed by atoms with Gasteiger partial charge >= 0.3 is 0 Å². The molecule has 0 aliphatic rings. The van der Waals surface area contributed by atoms with Crippen LogP contribution in [-0.2, 0) is 0 Å². The molecule has 1 heterocycles. The van der Waals surface area contributed by atoms with Crippen LogP contribution in [0.25, 0.3) is 0 Å². The molecule has 1 amide bonds. The highest BCUT2D eigenvalue weighted by Gasteiger charge is 2.10. The maximum atomic E-state index is 12.2. The van der Waals surface area contributed by atoms with Crippen LogP contribution < -0.4 is 10.6 Å². The van der Waals surface area contributed by atoms with Crippen molar-refractivity contribution in [1.82, 2.24) is 4.98 Å². The highest BCUT2D eigenvalue weighted by Crippen LogP contribution is 2.25. The molecule has 0 unspecified atom stereocenters. The van der Waals surface area contributed by atoms with E-state index in [1.54, 1.807) is 30.5 Å². The number of nitrogens with zero attached hydrogens (tertiary/aromatic N) is 1. The van der Waals surface area contributed by atoms with Crippen molar-refractivity contribution in [2.24, 2.45) is 0 Å². The average Bonchev–Trinajstić information content (AvgIpc) is 2.48. The van der Waals surface area contributed by atoms with Crippen LogP contribution >= 0.6 is 23.2 Å². The van der Waals surface area contributed by atoms with Gasteiger partial charge in [0.2, 0.25) is 0 Å². The van der Waals surface area contributed by atoms with Gasteiger partial charge in [0.15, 0.2) is 0 Å². The first-order valence-electron chi connectivity index (χ1n) is 6.55. The summed E-state index contributed by atoms with van der Waals surface area (Å²) < 4.78 is 0. The first-order chi connectivity index (χ1) is 10.1. The summed E-state index contributed by atoms with van der Waals surface area (Å²) in [5.41, 5.74) is 1.78. The van der Waals surface area contributed by atoms with Crippen LogP contribution in [0.4, 0.5) is 11.4 Å². The Morgan fingerprint density at radius 3 is 2.76 bits per heavy atom. The number of carbonyl (C=O) groups excluding carboxylic acids is 1. The largest absolute Gasteiger partial charge is 0.384 e. The Hall–Kier alpha value is -1.78. The third kappa shape index (κ3) is 4.34. The Morgan fingerprint density at radius 2 is 2.05 bits per heavy atom. The average molecular weight is 324 g/mol. The quantitative estimate of drug-likeness (QED) is 0.853. The van der Waals surface area contributed by atoms with Gasteiger partial charge in [0.05, 0.1) is 22.0 Å². The van der Waals surface area contributed by atoms with Crippen LogP contribution in [0.3, 0.4) is 0 Å². The maximum Gasteiger partial charge on any atom is 0.257 e. The van der Waals surface area contributed by atoms with E-state index in [1.807, 2.05) is 0 Å². The summed E-state index contributed by atoms with van der Waals surface area (Å²) in [7, 11) is 0. The number of carbonyl (C=O) groups is 1. The molecule has 21 heavy (non-hydrogen) atoms. The molecule has 0 atom stereocenters. The standard InChI is InChI=1S/C15H15Cl2N3O/c1-2-5-19-12-6-10(8-18-9-12)15(21)20-14-4-3-11(16)7-13(14)17/h3-4,6-9,19H,2,5H2,1H3,(H,20,21). The lowest BCUT2D eigenvalue weighted by molar-refractivity contribution is 0.102. The van der Waals surface area contributed by atoms with E-state index in [4.69, 9.17) is 23.2 Å². The fraction of sp³-hybridized carbons (Fsp3) is 0.200. The van der Waals surface area contributed by atoms with Gasteiger partial charge in [-0.25, -0.2) is 0 Å². The first kappa shape index (κ1) is 15.6. The predicted molar refractivity (Wildman–Crippen MR) is 87.4 cm³/mol. The van der Waals surface area contributed by atoms with Gasteiger partial charge in [0, 0.05) is 24.0 Å². The van der Waals surface area contributed by atoms with Crippen molar-refractivity contribution in [1.29, 1.82) is 0 Å². The zero-order valence-corrected chi connectivity index (χ0v) is 13.0. The van der Waals surface area contributed by atoms with Gasteiger partial charge in [-0.1, -0.05) is 30.1 Å². The Bertz CT molecular complexity index is 647. The lowest BCUT2D eigenvalue weighted by atomic mass is 10.2. The molecule has 0 bridgehead atoms. The topological polar surface area (TPSA) is 54.0 Å². The molecule has 2 aromatic rings. The van der Waals surface area contributed by atoms with Gasteiger partial charge in [-0.15, -0.1) is 0 Å². The number of pyridine rings is 1. The van der Waals surface area contributed by atoms with Crippen LogP contribution in [0, 0.1) is 0 Å². The molecule has 0 spiro atoms. The summed E-state index contributed by atoms with van der Waals surface area (Å²) in [4.78, 5) is 16.3. The highest BCUT2D eigenvalue weighted by atomic mass is 35.5. The second-order valence-electron chi connectivity index (χ2n) is 4.47. The second kappa shape index (κ2) is 7.29. The maximum absolute atomic E-state index is 12.2. The third-order valence-corrected chi connectivity index (χ3v) is 3.31. The molecule has 0 aliphatic carbocycles. The van der Waals surface area contributed by atoms with Gasteiger partial charge in [-0.3, -0.25) is 9.78 Å². The zero-order valence-electron chi connectivity index (χ0n) is 11.5. The molecule has 2 N–H and O–H groups in total. The van der Waals surface area contributed by atoms with Gasteiger partial charge < -0.3 is 10.6 Å². The van der Waals surface area contributed by atoms with Crippen LogP contribution in [0.1, 0.15) is 23.7 Å². The second-order valence-corrected chi connectivity index (χ2v) is 5.31. The van der Waals surface area contributed by atoms with Crippen molar-refractivity contribution in [3.63, 3.8) is 0 Å². The minimum Gasteiger partial charge on any atom is -0.384 e. The van der Waals surface area contributed by atoms with Gasteiger partial charge in [0.25, 0.3) is 5.91 Å². The molecular formula is C15H15Cl2N3O. The fourth-order valence-electron chi connectivity index (χ4n) is 1.72. The molecule has 1 aromatic carbocycles. The van der Waals surface area contributed by atoms with Crippen molar-refractivity contribution in [2.45, 2.75) is 13.3 Å². The first-order valence-corrected chi connectivity index (χ1v) is 7.31. The number of anilines is 2. The van der Waals surface area contributed by atoms with Crippen molar-refractivity contribution in [3.8, 4) is 0 Å². The summed E-state index contributed by atoms with van der Waals surface area (Å²) >= 11 is 11.9. The number of nitrogens with one attached hydrogen (secondary N) is 2. The SMILES string of the molecule is CCCNc1cncc(C(=O)Nc2ccc(Cl)cc2Cl)c1. The molecule has 0 fully saturated rings. The van der Waals surface area contributed by atoms with E-state index in [2.05, 4.69) is 22.5 Å². The normalized spacial score (nSPS) is 10.2. The van der Waals surface area contributed by atoms with E-state index in [1.165, 1.54) is 6.20 Å². The van der Waals surface area contributed by atoms with Crippen LogP contribution in [-0.4, -0.2) is 17.4 Å². The molecule has 110 valence electrons. The van der Waals surface area contributed by atoms with E-state index in [-0.39, 0.29) is 5.91 Å². The lowest BCUT2D eigenvalue weighted by Gasteiger charge is -2.09. The summed E-state index contributed by atoms with van der Waals surface area (Å²) in [6.45, 7) is 2.90. The third-order valence-electron chi connectivity index (χ3n) is 2.76. The zero-order chi connectivity index (χ0) is 15.2. The number of hydrogen-bond acceptors (Lipinski definition) is 3. The molecule has 0 saturated carbocycles. The highest BCUT2D eigenvalue weighted by molar-refractivity contribution is 6.36. The van der Waals surface area contributed by atoms with E-state index >= 15 is 0 Å². The molecule has 4 nitrogen and oxygen atoms in total. The molecular weight excluding hydrogens is 309 g/mol. The lowest BCUT2D eigenvalue weighted by Crippen LogP contribution is -2.13. The van der Waals surface area contributed by atoms with Gasteiger partial charge in [-0.2, -0.15) is 0 Å². The summed E-state index contributed by atoms with van der Waals surface area (Å²) in [6.07, 6.45) is 4.19. The molecule has 2 rings (SSSR count). The van der Waals surface area contributed by atoms with Crippen LogP contribution in [0.15, 0.2) is 36.7 Å². The Balaban J connectivity index is 2.12. The molecule has 0 aliphatic heterocycles. The molecule has 6 heteroatoms. The molecule has 0 saturated heterocycles. The summed E-state index contributed by atoms with van der Waals surface area (Å²) in [5.74, 6) is -0.271. The number of halogens is 2. The van der Waals surface area contributed by atoms with Gasteiger partial charge in [-0.05, 0) is 30.7 Å². The Labute approximate surface area is 133 Å².